The van der Waals surface area contributed by atoms with Crippen LogP contribution in [0.5, 0.6) is 0 Å². The molecule has 2 N–H and O–H groups in total. The number of nitrogens with zero attached hydrogens (tertiary/aromatic N) is 3. The van der Waals surface area contributed by atoms with Crippen molar-refractivity contribution < 1.29 is 0 Å². The fourth-order valence-corrected chi connectivity index (χ4v) is 2.81. The van der Waals surface area contributed by atoms with Crippen LogP contribution in [-0.2, 0) is 6.54 Å². The summed E-state index contributed by atoms with van der Waals surface area (Å²) in [6, 6.07) is 5.46. The highest BCUT2D eigenvalue weighted by molar-refractivity contribution is 6.31. The molecule has 1 aromatic carbocycles. The zero-order valence-electron chi connectivity index (χ0n) is 12.5. The predicted molar refractivity (Wildman–Crippen MR) is 88.0 cm³/mol. The van der Waals surface area contributed by atoms with Gasteiger partial charge >= 0.3 is 0 Å². The number of hydrogen-bond acceptors (Lipinski definition) is 3. The van der Waals surface area contributed by atoms with Gasteiger partial charge in [-0.25, -0.2) is 0 Å². The number of likely N-dealkylation sites (N-methyl/N-ethyl adjacent to an activating group) is 1. The van der Waals surface area contributed by atoms with Crippen molar-refractivity contribution >= 4 is 23.2 Å². The predicted octanol–water partition coefficient (Wildman–Crippen LogP) is 3.11. The standard InChI is InChI=1S/C15H20Cl2N4/c1-10-6-11(8-12(16)7-10)14(18)15-13(17)9-19-21(15)5-4-20(2)3/h6-9,14H,4-5,18H2,1-3H3. The highest BCUT2D eigenvalue weighted by Crippen LogP contribution is 2.28. The number of hydrogen-bond donors (Lipinski definition) is 1. The van der Waals surface area contributed by atoms with Gasteiger partial charge in [-0.15, -0.1) is 0 Å². The summed E-state index contributed by atoms with van der Waals surface area (Å²) in [6.07, 6.45) is 1.64. The maximum atomic E-state index is 6.39. The molecule has 0 spiro atoms. The number of rotatable bonds is 5. The van der Waals surface area contributed by atoms with Crippen molar-refractivity contribution in [2.75, 3.05) is 20.6 Å². The lowest BCUT2D eigenvalue weighted by Crippen LogP contribution is -2.23. The third-order valence-electron chi connectivity index (χ3n) is 3.31. The van der Waals surface area contributed by atoms with Crippen LogP contribution >= 0.6 is 23.2 Å². The van der Waals surface area contributed by atoms with Crippen LogP contribution < -0.4 is 5.73 Å². The van der Waals surface area contributed by atoms with E-state index in [9.17, 15) is 0 Å². The van der Waals surface area contributed by atoms with Crippen LogP contribution in [0.3, 0.4) is 0 Å². The smallest absolute Gasteiger partial charge is 0.0837 e. The molecule has 0 aliphatic heterocycles. The van der Waals surface area contributed by atoms with Gasteiger partial charge in [-0.1, -0.05) is 29.3 Å². The van der Waals surface area contributed by atoms with Gasteiger partial charge in [0, 0.05) is 11.6 Å². The van der Waals surface area contributed by atoms with Gasteiger partial charge in [0.25, 0.3) is 0 Å². The minimum absolute atomic E-state index is 0.348. The summed E-state index contributed by atoms with van der Waals surface area (Å²) in [7, 11) is 4.04. The normalized spacial score (nSPS) is 12.9. The second kappa shape index (κ2) is 6.79. The van der Waals surface area contributed by atoms with Gasteiger partial charge in [0.1, 0.15) is 0 Å². The fraction of sp³-hybridized carbons (Fsp3) is 0.400. The van der Waals surface area contributed by atoms with Crippen LogP contribution in [0.1, 0.15) is 22.9 Å². The second-order valence-corrected chi connectivity index (χ2v) is 6.29. The van der Waals surface area contributed by atoms with E-state index in [0.717, 1.165) is 29.9 Å². The minimum atomic E-state index is -0.348. The Kier molecular flexibility index (Phi) is 5.27. The Balaban J connectivity index is 2.33. The Hall–Kier alpha value is -1.07. The lowest BCUT2D eigenvalue weighted by molar-refractivity contribution is 0.368. The van der Waals surface area contributed by atoms with E-state index in [1.807, 2.05) is 43.9 Å². The van der Waals surface area contributed by atoms with E-state index in [4.69, 9.17) is 28.9 Å². The molecule has 0 bridgehead atoms. The van der Waals surface area contributed by atoms with Gasteiger partial charge in [0.15, 0.2) is 0 Å². The van der Waals surface area contributed by atoms with Crippen molar-refractivity contribution in [3.63, 3.8) is 0 Å². The Morgan fingerprint density at radius 3 is 2.62 bits per heavy atom. The molecular weight excluding hydrogens is 307 g/mol. The number of aryl methyl sites for hydroxylation is 1. The Morgan fingerprint density at radius 1 is 1.29 bits per heavy atom. The maximum absolute atomic E-state index is 6.39. The summed E-state index contributed by atoms with van der Waals surface area (Å²) in [5, 5.41) is 5.58. The van der Waals surface area contributed by atoms with Crippen LogP contribution in [-0.4, -0.2) is 35.3 Å². The van der Waals surface area contributed by atoms with Gasteiger partial charge in [0.05, 0.1) is 29.5 Å². The zero-order valence-corrected chi connectivity index (χ0v) is 14.0. The summed E-state index contributed by atoms with van der Waals surface area (Å²) in [5.41, 5.74) is 9.22. The van der Waals surface area contributed by atoms with Crippen LogP contribution in [0.2, 0.25) is 10.0 Å². The van der Waals surface area contributed by atoms with Crippen molar-refractivity contribution in [2.24, 2.45) is 5.73 Å². The van der Waals surface area contributed by atoms with Crippen LogP contribution in [0.4, 0.5) is 0 Å². The average Bonchev–Trinajstić information content (AvgIpc) is 2.75. The number of benzene rings is 1. The molecule has 6 heteroatoms. The third kappa shape index (κ3) is 3.98. The molecule has 4 nitrogen and oxygen atoms in total. The minimum Gasteiger partial charge on any atom is -0.319 e. The molecule has 0 fully saturated rings. The second-order valence-electron chi connectivity index (χ2n) is 5.44. The summed E-state index contributed by atoms with van der Waals surface area (Å²) < 4.78 is 1.86. The molecule has 1 aromatic heterocycles. The largest absolute Gasteiger partial charge is 0.319 e. The molecule has 114 valence electrons. The molecule has 1 atom stereocenters. The molecule has 0 saturated heterocycles. The summed E-state index contributed by atoms with van der Waals surface area (Å²) in [5.74, 6) is 0. The SMILES string of the molecule is Cc1cc(Cl)cc(C(N)c2c(Cl)cnn2CCN(C)C)c1. The van der Waals surface area contributed by atoms with Gasteiger partial charge in [-0.2, -0.15) is 5.10 Å². The fourth-order valence-electron chi connectivity index (χ4n) is 2.26. The molecular formula is C15H20Cl2N4. The Morgan fingerprint density at radius 2 is 2.00 bits per heavy atom. The van der Waals surface area contributed by atoms with Crippen molar-refractivity contribution in [3.8, 4) is 0 Å². The first-order chi connectivity index (χ1) is 9.88. The van der Waals surface area contributed by atoms with E-state index in [1.165, 1.54) is 0 Å². The molecule has 1 unspecified atom stereocenters. The summed E-state index contributed by atoms with van der Waals surface area (Å²) >= 11 is 12.4. The molecule has 1 heterocycles. The monoisotopic (exact) mass is 326 g/mol. The highest BCUT2D eigenvalue weighted by Gasteiger charge is 2.19. The Labute approximate surface area is 135 Å². The van der Waals surface area contributed by atoms with Crippen molar-refractivity contribution in [1.29, 1.82) is 0 Å². The van der Waals surface area contributed by atoms with Crippen LogP contribution in [0.25, 0.3) is 0 Å². The first kappa shape index (κ1) is 16.3. The van der Waals surface area contributed by atoms with E-state index >= 15 is 0 Å². The molecule has 0 saturated carbocycles. The van der Waals surface area contributed by atoms with Crippen LogP contribution in [0, 0.1) is 6.92 Å². The van der Waals surface area contributed by atoms with Crippen molar-refractivity contribution in [1.82, 2.24) is 14.7 Å². The molecule has 0 aliphatic rings. The molecule has 2 aromatic rings. The van der Waals surface area contributed by atoms with Crippen molar-refractivity contribution in [2.45, 2.75) is 19.5 Å². The Bertz CT molecular complexity index is 602. The van der Waals surface area contributed by atoms with E-state index in [0.29, 0.717) is 10.0 Å². The maximum Gasteiger partial charge on any atom is 0.0837 e. The van der Waals surface area contributed by atoms with E-state index < -0.39 is 0 Å². The first-order valence-corrected chi connectivity index (χ1v) is 7.52. The van der Waals surface area contributed by atoms with E-state index in [2.05, 4.69) is 10.00 Å². The zero-order chi connectivity index (χ0) is 15.6. The van der Waals surface area contributed by atoms with Crippen molar-refractivity contribution in [3.05, 3.63) is 51.3 Å². The lowest BCUT2D eigenvalue weighted by Gasteiger charge is -2.18. The molecule has 0 aliphatic carbocycles. The highest BCUT2D eigenvalue weighted by atomic mass is 35.5. The molecule has 21 heavy (non-hydrogen) atoms. The van der Waals surface area contributed by atoms with E-state index in [-0.39, 0.29) is 6.04 Å². The molecule has 2 rings (SSSR count). The first-order valence-electron chi connectivity index (χ1n) is 6.77. The van der Waals surface area contributed by atoms with Gasteiger partial charge in [0.2, 0.25) is 0 Å². The van der Waals surface area contributed by atoms with Gasteiger partial charge < -0.3 is 10.6 Å². The molecule has 0 amide bonds. The summed E-state index contributed by atoms with van der Waals surface area (Å²) in [4.78, 5) is 2.09. The third-order valence-corrected chi connectivity index (χ3v) is 3.82. The quantitative estimate of drug-likeness (QED) is 0.918. The topological polar surface area (TPSA) is 47.1 Å². The number of halogens is 2. The average molecular weight is 327 g/mol. The molecule has 0 radical (unpaired) electrons. The number of aromatic nitrogens is 2. The van der Waals surface area contributed by atoms with Gasteiger partial charge in [-0.3, -0.25) is 4.68 Å². The lowest BCUT2D eigenvalue weighted by atomic mass is 10.0. The van der Waals surface area contributed by atoms with Gasteiger partial charge in [-0.05, 0) is 44.3 Å². The van der Waals surface area contributed by atoms with E-state index in [1.54, 1.807) is 6.20 Å². The van der Waals surface area contributed by atoms with Crippen LogP contribution in [0.15, 0.2) is 24.4 Å². The number of nitrogens with two attached hydrogens (primary N) is 1. The summed E-state index contributed by atoms with van der Waals surface area (Å²) in [6.45, 7) is 3.60.